The molecule has 0 aromatic carbocycles. The van der Waals surface area contributed by atoms with Gasteiger partial charge in [-0.05, 0) is 32.9 Å². The molecule has 0 saturated carbocycles. The first-order chi connectivity index (χ1) is 10.2. The molecule has 3 rings (SSSR count). The lowest BCUT2D eigenvalue weighted by atomic mass is 9.94. The molecule has 2 aromatic rings. The first-order valence-corrected chi connectivity index (χ1v) is 7.30. The Bertz CT molecular complexity index is 718. The van der Waals surface area contributed by atoms with Crippen molar-refractivity contribution < 1.29 is 4.79 Å². The Balaban J connectivity index is 0.00000176. The third kappa shape index (κ3) is 3.00. The highest BCUT2D eigenvalue weighted by molar-refractivity contribution is 5.99. The van der Waals surface area contributed by atoms with Gasteiger partial charge in [-0.2, -0.15) is 5.10 Å². The van der Waals surface area contributed by atoms with Crippen LogP contribution in [0.3, 0.4) is 0 Å². The predicted octanol–water partition coefficient (Wildman–Crippen LogP) is 0.661. The minimum Gasteiger partial charge on any atom is -0.352 e. The van der Waals surface area contributed by atoms with Crippen molar-refractivity contribution in [1.29, 1.82) is 0 Å². The highest BCUT2D eigenvalue weighted by Crippen LogP contribution is 2.24. The molecule has 0 radical (unpaired) electrons. The molecule has 3 N–H and O–H groups in total. The van der Waals surface area contributed by atoms with Crippen LogP contribution in [0.1, 0.15) is 41.7 Å². The summed E-state index contributed by atoms with van der Waals surface area (Å²) in [5, 5.41) is 10.3. The quantitative estimate of drug-likeness (QED) is 0.773. The van der Waals surface area contributed by atoms with Crippen molar-refractivity contribution in [3.63, 3.8) is 0 Å². The standard InChI is InChI=1S/C14H19N5O2.ClH/c1-2-16-14(21)10-8-17-19-11(7-12(20)18-13(10)19)9-3-5-15-6-4-9;/h7-9,15H,2-6H2,1H3,(H,16,21)(H,18,20);1H. The Hall–Kier alpha value is -1.86. The molecule has 120 valence electrons. The third-order valence-electron chi connectivity index (χ3n) is 3.87. The summed E-state index contributed by atoms with van der Waals surface area (Å²) in [6.45, 7) is 4.26. The van der Waals surface area contributed by atoms with Crippen LogP contribution in [0.2, 0.25) is 0 Å². The number of carbonyl (C=O) groups is 1. The van der Waals surface area contributed by atoms with Crippen LogP contribution in [-0.2, 0) is 0 Å². The summed E-state index contributed by atoms with van der Waals surface area (Å²) in [7, 11) is 0. The summed E-state index contributed by atoms with van der Waals surface area (Å²) >= 11 is 0. The lowest BCUT2D eigenvalue weighted by Crippen LogP contribution is -2.29. The maximum Gasteiger partial charge on any atom is 0.256 e. The molecule has 0 bridgehead atoms. The van der Waals surface area contributed by atoms with Gasteiger partial charge in [-0.3, -0.25) is 9.59 Å². The number of aromatic amines is 1. The Morgan fingerprint density at radius 1 is 1.45 bits per heavy atom. The average molecular weight is 326 g/mol. The van der Waals surface area contributed by atoms with Gasteiger partial charge in [0.1, 0.15) is 11.2 Å². The van der Waals surface area contributed by atoms with Crippen LogP contribution in [0, 0.1) is 0 Å². The van der Waals surface area contributed by atoms with Crippen LogP contribution in [-0.4, -0.2) is 40.1 Å². The van der Waals surface area contributed by atoms with Crippen LogP contribution < -0.4 is 16.2 Å². The monoisotopic (exact) mass is 325 g/mol. The van der Waals surface area contributed by atoms with E-state index in [1.165, 1.54) is 6.20 Å². The van der Waals surface area contributed by atoms with Crippen molar-refractivity contribution in [2.24, 2.45) is 0 Å². The van der Waals surface area contributed by atoms with E-state index >= 15 is 0 Å². The zero-order valence-electron chi connectivity index (χ0n) is 12.4. The normalized spacial score (nSPS) is 15.5. The van der Waals surface area contributed by atoms with E-state index in [0.717, 1.165) is 31.6 Å². The molecule has 7 nitrogen and oxygen atoms in total. The smallest absolute Gasteiger partial charge is 0.256 e. The molecule has 1 aliphatic heterocycles. The fourth-order valence-corrected chi connectivity index (χ4v) is 2.84. The molecule has 0 unspecified atom stereocenters. The molecular weight excluding hydrogens is 306 g/mol. The van der Waals surface area contributed by atoms with E-state index in [1.807, 2.05) is 6.92 Å². The number of amides is 1. The fraction of sp³-hybridized carbons (Fsp3) is 0.500. The lowest BCUT2D eigenvalue weighted by Gasteiger charge is -2.23. The second-order valence-corrected chi connectivity index (χ2v) is 5.26. The average Bonchev–Trinajstić information content (AvgIpc) is 2.91. The van der Waals surface area contributed by atoms with E-state index in [4.69, 9.17) is 0 Å². The highest BCUT2D eigenvalue weighted by Gasteiger charge is 2.21. The van der Waals surface area contributed by atoms with Gasteiger partial charge >= 0.3 is 0 Å². The van der Waals surface area contributed by atoms with Crippen molar-refractivity contribution in [1.82, 2.24) is 25.2 Å². The third-order valence-corrected chi connectivity index (χ3v) is 3.87. The zero-order valence-corrected chi connectivity index (χ0v) is 13.2. The Labute approximate surface area is 133 Å². The van der Waals surface area contributed by atoms with Gasteiger partial charge in [0.15, 0.2) is 0 Å². The van der Waals surface area contributed by atoms with E-state index in [2.05, 4.69) is 20.7 Å². The molecule has 1 saturated heterocycles. The van der Waals surface area contributed by atoms with Gasteiger partial charge < -0.3 is 15.6 Å². The summed E-state index contributed by atoms with van der Waals surface area (Å²) in [6, 6.07) is 1.59. The van der Waals surface area contributed by atoms with Crippen molar-refractivity contribution >= 4 is 24.0 Å². The topological polar surface area (TPSA) is 91.3 Å². The number of halogens is 1. The largest absolute Gasteiger partial charge is 0.352 e. The molecule has 1 aliphatic rings. The summed E-state index contributed by atoms with van der Waals surface area (Å²) in [5.74, 6) is 0.0728. The van der Waals surface area contributed by atoms with Crippen molar-refractivity contribution in [2.45, 2.75) is 25.7 Å². The molecular formula is C14H20ClN5O2. The maximum atomic E-state index is 12.0. The van der Waals surface area contributed by atoms with Crippen LogP contribution >= 0.6 is 12.4 Å². The molecule has 0 atom stereocenters. The van der Waals surface area contributed by atoms with Crippen LogP contribution in [0.15, 0.2) is 17.1 Å². The Kier molecular flexibility index (Phi) is 5.20. The lowest BCUT2D eigenvalue weighted by molar-refractivity contribution is 0.0957. The second kappa shape index (κ2) is 6.93. The predicted molar refractivity (Wildman–Crippen MR) is 85.9 cm³/mol. The molecule has 2 aromatic heterocycles. The number of rotatable bonds is 3. The van der Waals surface area contributed by atoms with E-state index in [1.54, 1.807) is 10.6 Å². The summed E-state index contributed by atoms with van der Waals surface area (Å²) in [5.41, 5.74) is 1.57. The number of nitrogens with zero attached hydrogens (tertiary/aromatic N) is 2. The number of nitrogens with one attached hydrogen (secondary N) is 3. The number of hydrogen-bond acceptors (Lipinski definition) is 4. The van der Waals surface area contributed by atoms with E-state index in [0.29, 0.717) is 17.8 Å². The van der Waals surface area contributed by atoms with E-state index < -0.39 is 0 Å². The van der Waals surface area contributed by atoms with Gasteiger partial charge in [-0.25, -0.2) is 4.52 Å². The number of H-pyrrole nitrogens is 1. The van der Waals surface area contributed by atoms with Crippen molar-refractivity contribution in [2.75, 3.05) is 19.6 Å². The highest BCUT2D eigenvalue weighted by atomic mass is 35.5. The molecule has 3 heterocycles. The molecule has 0 spiro atoms. The van der Waals surface area contributed by atoms with Gasteiger partial charge in [0.25, 0.3) is 11.5 Å². The SMILES string of the molecule is CCNC(=O)c1cnn2c(C3CCNCC3)cc(=O)[nH]c12.Cl. The van der Waals surface area contributed by atoms with Gasteiger partial charge in [0.2, 0.25) is 0 Å². The van der Waals surface area contributed by atoms with Gasteiger partial charge in [-0.15, -0.1) is 12.4 Å². The fourth-order valence-electron chi connectivity index (χ4n) is 2.84. The first-order valence-electron chi connectivity index (χ1n) is 7.30. The molecule has 1 fully saturated rings. The summed E-state index contributed by atoms with van der Waals surface area (Å²) in [4.78, 5) is 26.7. The number of piperidine rings is 1. The van der Waals surface area contributed by atoms with Crippen LogP contribution in [0.25, 0.3) is 5.65 Å². The van der Waals surface area contributed by atoms with Crippen molar-refractivity contribution in [3.8, 4) is 0 Å². The zero-order chi connectivity index (χ0) is 14.8. The Morgan fingerprint density at radius 2 is 2.18 bits per heavy atom. The number of carbonyl (C=O) groups excluding carboxylic acids is 1. The number of fused-ring (bicyclic) bond motifs is 1. The maximum absolute atomic E-state index is 12.0. The van der Waals surface area contributed by atoms with Gasteiger partial charge in [0.05, 0.1) is 11.9 Å². The van der Waals surface area contributed by atoms with Gasteiger partial charge in [0, 0.05) is 18.5 Å². The first kappa shape index (κ1) is 16.5. The van der Waals surface area contributed by atoms with E-state index in [-0.39, 0.29) is 29.8 Å². The van der Waals surface area contributed by atoms with Crippen LogP contribution in [0.5, 0.6) is 0 Å². The number of hydrogen-bond donors (Lipinski definition) is 3. The second-order valence-electron chi connectivity index (χ2n) is 5.26. The van der Waals surface area contributed by atoms with E-state index in [9.17, 15) is 9.59 Å². The summed E-state index contributed by atoms with van der Waals surface area (Å²) in [6.07, 6.45) is 3.45. The van der Waals surface area contributed by atoms with Gasteiger partial charge in [-0.1, -0.05) is 0 Å². The Morgan fingerprint density at radius 3 is 2.86 bits per heavy atom. The molecule has 0 aliphatic carbocycles. The molecule has 1 amide bonds. The van der Waals surface area contributed by atoms with Crippen molar-refractivity contribution in [3.05, 3.63) is 33.9 Å². The molecule has 8 heteroatoms. The van der Waals surface area contributed by atoms with Crippen LogP contribution in [0.4, 0.5) is 0 Å². The number of aromatic nitrogens is 3. The minimum absolute atomic E-state index is 0. The molecule has 22 heavy (non-hydrogen) atoms. The summed E-state index contributed by atoms with van der Waals surface area (Å²) < 4.78 is 1.70. The minimum atomic E-state index is -0.217.